The number of benzene rings is 2. The first-order valence-electron chi connectivity index (χ1n) is 7.44. The summed E-state index contributed by atoms with van der Waals surface area (Å²) in [4.78, 5) is 14.2. The molecule has 0 aromatic heterocycles. The molecule has 22 heavy (non-hydrogen) atoms. The maximum atomic E-state index is 12.4. The molecule has 0 unspecified atom stereocenters. The number of rotatable bonds is 5. The second-order valence-electron chi connectivity index (χ2n) is 5.53. The van der Waals surface area contributed by atoms with Gasteiger partial charge in [-0.2, -0.15) is 0 Å². The monoisotopic (exact) mass is 359 g/mol. The Morgan fingerprint density at radius 2 is 1.82 bits per heavy atom. The van der Waals surface area contributed by atoms with E-state index in [2.05, 4.69) is 15.9 Å². The number of carbonyl (C=O) groups is 1. The fourth-order valence-electron chi connectivity index (χ4n) is 2.36. The lowest BCUT2D eigenvalue weighted by Crippen LogP contribution is -2.33. The lowest BCUT2D eigenvalue weighted by Gasteiger charge is -2.22. The predicted molar refractivity (Wildman–Crippen MR) is 89.3 cm³/mol. The van der Waals surface area contributed by atoms with Crippen LogP contribution in [0.1, 0.15) is 24.0 Å². The third kappa shape index (κ3) is 4.10. The summed E-state index contributed by atoms with van der Waals surface area (Å²) in [6, 6.07) is 18.1. The van der Waals surface area contributed by atoms with E-state index < -0.39 is 0 Å². The Kier molecular flexibility index (Phi) is 4.78. The van der Waals surface area contributed by atoms with E-state index in [9.17, 15) is 4.79 Å². The molecule has 1 fully saturated rings. The molecule has 3 rings (SSSR count). The Balaban J connectivity index is 1.62. The van der Waals surface area contributed by atoms with Crippen molar-refractivity contribution in [3.63, 3.8) is 0 Å². The van der Waals surface area contributed by atoms with Crippen LogP contribution in [-0.4, -0.2) is 17.0 Å². The molecule has 0 spiro atoms. The first-order valence-corrected chi connectivity index (χ1v) is 8.23. The summed E-state index contributed by atoms with van der Waals surface area (Å²) in [5, 5.41) is 0. The molecule has 1 aliphatic carbocycles. The fourth-order valence-corrected chi connectivity index (χ4v) is 2.81. The van der Waals surface area contributed by atoms with Gasteiger partial charge < -0.3 is 9.64 Å². The highest BCUT2D eigenvalue weighted by Gasteiger charge is 2.33. The predicted octanol–water partition coefficient (Wildman–Crippen LogP) is 4.75. The summed E-state index contributed by atoms with van der Waals surface area (Å²) in [6.45, 7) is 0.916. The number of hydrogen-bond acceptors (Lipinski definition) is 2. The van der Waals surface area contributed by atoms with Crippen molar-refractivity contribution < 1.29 is 9.53 Å². The Morgan fingerprint density at radius 1 is 1.09 bits per heavy atom. The van der Waals surface area contributed by atoms with Crippen molar-refractivity contribution in [1.82, 2.24) is 4.90 Å². The number of halogens is 1. The Hall–Kier alpha value is -1.81. The molecule has 0 radical (unpaired) electrons. The number of nitrogens with zero attached hydrogens (tertiary/aromatic N) is 1. The van der Waals surface area contributed by atoms with Gasteiger partial charge >= 0.3 is 6.09 Å². The van der Waals surface area contributed by atoms with Gasteiger partial charge in [-0.05, 0) is 36.1 Å². The van der Waals surface area contributed by atoms with Crippen LogP contribution in [-0.2, 0) is 17.9 Å². The number of carbonyl (C=O) groups excluding carboxylic acids is 1. The van der Waals surface area contributed by atoms with Crippen LogP contribution in [0, 0.1) is 0 Å². The molecule has 0 aliphatic heterocycles. The molecule has 0 saturated heterocycles. The zero-order chi connectivity index (χ0) is 15.4. The smallest absolute Gasteiger partial charge is 0.410 e. The van der Waals surface area contributed by atoms with Crippen molar-refractivity contribution >= 4 is 22.0 Å². The Morgan fingerprint density at radius 3 is 2.50 bits per heavy atom. The Labute approximate surface area is 139 Å². The van der Waals surface area contributed by atoms with Gasteiger partial charge in [0.2, 0.25) is 0 Å². The van der Waals surface area contributed by atoms with Gasteiger partial charge in [-0.15, -0.1) is 0 Å². The van der Waals surface area contributed by atoms with Crippen molar-refractivity contribution in [3.05, 3.63) is 70.2 Å². The van der Waals surface area contributed by atoms with Gasteiger partial charge in [0.15, 0.2) is 0 Å². The van der Waals surface area contributed by atoms with E-state index in [4.69, 9.17) is 4.74 Å². The van der Waals surface area contributed by atoms with E-state index in [1.54, 1.807) is 0 Å². The molecule has 2 aromatic rings. The molecule has 4 heteroatoms. The van der Waals surface area contributed by atoms with Gasteiger partial charge in [-0.1, -0.05) is 58.4 Å². The lowest BCUT2D eigenvalue weighted by molar-refractivity contribution is 0.0909. The second-order valence-corrected chi connectivity index (χ2v) is 6.44. The zero-order valence-electron chi connectivity index (χ0n) is 12.2. The van der Waals surface area contributed by atoms with Crippen LogP contribution >= 0.6 is 15.9 Å². The van der Waals surface area contributed by atoms with Crippen LogP contribution in [0.3, 0.4) is 0 Å². The second kappa shape index (κ2) is 6.97. The highest BCUT2D eigenvalue weighted by Crippen LogP contribution is 2.29. The molecule has 2 aromatic carbocycles. The quantitative estimate of drug-likeness (QED) is 0.770. The third-order valence-corrected chi connectivity index (χ3v) is 4.16. The number of amides is 1. The zero-order valence-corrected chi connectivity index (χ0v) is 13.8. The summed E-state index contributed by atoms with van der Waals surface area (Å²) in [5.41, 5.74) is 2.12. The molecule has 0 N–H and O–H groups in total. The molecule has 3 nitrogen and oxygen atoms in total. The first-order chi connectivity index (χ1) is 10.7. The van der Waals surface area contributed by atoms with Crippen molar-refractivity contribution in [1.29, 1.82) is 0 Å². The van der Waals surface area contributed by atoms with Gasteiger partial charge in [0.05, 0.1) is 0 Å². The highest BCUT2D eigenvalue weighted by atomic mass is 79.9. The normalized spacial score (nSPS) is 13.7. The standard InChI is InChI=1S/C18H18BrNO2/c19-16-8-4-7-15(11-16)12-20(17-9-10-17)18(21)22-13-14-5-2-1-3-6-14/h1-8,11,17H,9-10,12-13H2. The topological polar surface area (TPSA) is 29.5 Å². The van der Waals surface area contributed by atoms with Crippen molar-refractivity contribution in [2.75, 3.05) is 0 Å². The van der Waals surface area contributed by atoms with Crippen LogP contribution in [0.2, 0.25) is 0 Å². The van der Waals surface area contributed by atoms with Crippen LogP contribution in [0.15, 0.2) is 59.1 Å². The molecule has 1 saturated carbocycles. The van der Waals surface area contributed by atoms with Crippen LogP contribution < -0.4 is 0 Å². The molecular weight excluding hydrogens is 342 g/mol. The number of hydrogen-bond donors (Lipinski definition) is 0. The lowest BCUT2D eigenvalue weighted by atomic mass is 10.2. The van der Waals surface area contributed by atoms with E-state index in [1.165, 1.54) is 0 Å². The minimum atomic E-state index is -0.230. The average Bonchev–Trinajstić information content (AvgIpc) is 3.36. The summed E-state index contributed by atoms with van der Waals surface area (Å²) in [5.74, 6) is 0. The third-order valence-electron chi connectivity index (χ3n) is 3.67. The minimum absolute atomic E-state index is 0.230. The summed E-state index contributed by atoms with van der Waals surface area (Å²) < 4.78 is 6.50. The summed E-state index contributed by atoms with van der Waals surface area (Å²) >= 11 is 3.47. The molecule has 0 heterocycles. The highest BCUT2D eigenvalue weighted by molar-refractivity contribution is 9.10. The average molecular weight is 360 g/mol. The minimum Gasteiger partial charge on any atom is -0.445 e. The maximum absolute atomic E-state index is 12.4. The van der Waals surface area contributed by atoms with Crippen LogP contribution in [0.5, 0.6) is 0 Å². The summed E-state index contributed by atoms with van der Waals surface area (Å²) in [6.07, 6.45) is 1.90. The maximum Gasteiger partial charge on any atom is 0.410 e. The molecule has 0 bridgehead atoms. The van der Waals surface area contributed by atoms with Crippen LogP contribution in [0.25, 0.3) is 0 Å². The van der Waals surface area contributed by atoms with Crippen molar-refractivity contribution in [2.24, 2.45) is 0 Å². The van der Waals surface area contributed by atoms with Gasteiger partial charge in [0.25, 0.3) is 0 Å². The largest absolute Gasteiger partial charge is 0.445 e. The molecule has 114 valence electrons. The molecule has 0 atom stereocenters. The summed E-state index contributed by atoms with van der Waals surface area (Å²) in [7, 11) is 0. The SMILES string of the molecule is O=C(OCc1ccccc1)N(Cc1cccc(Br)c1)C1CC1. The van der Waals surface area contributed by atoms with Gasteiger partial charge in [0, 0.05) is 17.1 Å². The van der Waals surface area contributed by atoms with Crippen molar-refractivity contribution in [3.8, 4) is 0 Å². The van der Waals surface area contributed by atoms with Gasteiger partial charge in [0.1, 0.15) is 6.61 Å². The van der Waals surface area contributed by atoms with E-state index in [0.717, 1.165) is 28.4 Å². The molecular formula is C18H18BrNO2. The van der Waals surface area contributed by atoms with Crippen molar-refractivity contribution in [2.45, 2.75) is 32.0 Å². The van der Waals surface area contributed by atoms with E-state index in [1.807, 2.05) is 59.5 Å². The van der Waals surface area contributed by atoms with Gasteiger partial charge in [-0.3, -0.25) is 0 Å². The van der Waals surface area contributed by atoms with Crippen LogP contribution in [0.4, 0.5) is 4.79 Å². The van der Waals surface area contributed by atoms with E-state index >= 15 is 0 Å². The van der Waals surface area contributed by atoms with E-state index in [0.29, 0.717) is 19.2 Å². The molecule has 1 amide bonds. The Bertz CT molecular complexity index is 641. The fraction of sp³-hybridized carbons (Fsp3) is 0.278. The van der Waals surface area contributed by atoms with E-state index in [-0.39, 0.29) is 6.09 Å². The number of ether oxygens (including phenoxy) is 1. The van der Waals surface area contributed by atoms with Gasteiger partial charge in [-0.25, -0.2) is 4.79 Å². The first kappa shape index (κ1) is 15.1. The molecule has 1 aliphatic rings.